The molecule has 1 aromatic carbocycles. The zero-order chi connectivity index (χ0) is 20.3. The van der Waals surface area contributed by atoms with E-state index in [0.717, 1.165) is 22.7 Å². The molecule has 4 heteroatoms. The summed E-state index contributed by atoms with van der Waals surface area (Å²) in [6, 6.07) is 4.53. The molecular formula is C23H33BN2O. The quantitative estimate of drug-likeness (QED) is 0.762. The number of aromatic hydroxyl groups is 1. The van der Waals surface area contributed by atoms with Crippen LogP contribution in [-0.2, 0) is 10.8 Å². The fourth-order valence-corrected chi connectivity index (χ4v) is 4.04. The molecule has 2 aliphatic rings. The van der Waals surface area contributed by atoms with Gasteiger partial charge in [-0.25, -0.2) is 4.99 Å². The second-order valence-electron chi connectivity index (χ2n) is 10.2. The number of aliphatic imine (C=N–C) groups is 1. The standard InChI is InChI=1S/C23H33BN2O/c1-13-9-10-17(24)18-19(13)26(8)21(25-18)15-11-14(22(2,3)4)12-16(20(15)27)23(5,6)7/h9-13,19,27H,24H2,1-8H3. The predicted molar refractivity (Wildman–Crippen MR) is 117 cm³/mol. The summed E-state index contributed by atoms with van der Waals surface area (Å²) in [5.74, 6) is 1.63. The maximum Gasteiger partial charge on any atom is 0.141 e. The average Bonchev–Trinajstić information content (AvgIpc) is 2.88. The van der Waals surface area contributed by atoms with Gasteiger partial charge in [0.05, 0.1) is 17.3 Å². The molecule has 0 amide bonds. The molecule has 144 valence electrons. The Kier molecular flexibility index (Phi) is 4.61. The van der Waals surface area contributed by atoms with E-state index in [1.54, 1.807) is 0 Å². The average molecular weight is 364 g/mol. The Labute approximate surface area is 165 Å². The lowest BCUT2D eigenvalue weighted by Gasteiger charge is -2.32. The Morgan fingerprint density at radius 2 is 1.70 bits per heavy atom. The van der Waals surface area contributed by atoms with Crippen LogP contribution in [-0.4, -0.2) is 36.8 Å². The van der Waals surface area contributed by atoms with Crippen molar-refractivity contribution >= 4 is 13.7 Å². The normalized spacial score (nSPS) is 23.0. The highest BCUT2D eigenvalue weighted by atomic mass is 16.3. The number of nitrogens with zero attached hydrogens (tertiary/aromatic N) is 2. The molecule has 0 aromatic heterocycles. The predicted octanol–water partition coefficient (Wildman–Crippen LogP) is 4.10. The van der Waals surface area contributed by atoms with E-state index in [9.17, 15) is 5.11 Å². The van der Waals surface area contributed by atoms with Gasteiger partial charge in [0.15, 0.2) is 0 Å². The first-order valence-corrected chi connectivity index (χ1v) is 9.91. The van der Waals surface area contributed by atoms with Gasteiger partial charge in [-0.3, -0.25) is 0 Å². The van der Waals surface area contributed by atoms with E-state index in [2.05, 4.69) is 92.5 Å². The minimum Gasteiger partial charge on any atom is -0.507 e. The van der Waals surface area contributed by atoms with Crippen LogP contribution in [0.25, 0.3) is 0 Å². The van der Waals surface area contributed by atoms with Crippen LogP contribution in [0.5, 0.6) is 5.75 Å². The first-order chi connectivity index (χ1) is 12.3. The third kappa shape index (κ3) is 3.35. The number of phenols is 1. The molecule has 3 nitrogen and oxygen atoms in total. The van der Waals surface area contributed by atoms with Crippen molar-refractivity contribution in [1.82, 2.24) is 4.90 Å². The van der Waals surface area contributed by atoms with Crippen LogP contribution in [0, 0.1) is 5.92 Å². The van der Waals surface area contributed by atoms with Crippen LogP contribution >= 0.6 is 0 Å². The van der Waals surface area contributed by atoms with Gasteiger partial charge < -0.3 is 10.0 Å². The summed E-state index contributed by atoms with van der Waals surface area (Å²) in [6.07, 6.45) is 4.42. The van der Waals surface area contributed by atoms with Gasteiger partial charge in [0.2, 0.25) is 0 Å². The lowest BCUT2D eigenvalue weighted by Crippen LogP contribution is -2.38. The van der Waals surface area contributed by atoms with Crippen molar-refractivity contribution in [3.8, 4) is 5.75 Å². The van der Waals surface area contributed by atoms with Crippen molar-refractivity contribution in [2.45, 2.75) is 65.3 Å². The van der Waals surface area contributed by atoms with Gasteiger partial charge >= 0.3 is 0 Å². The third-order valence-corrected chi connectivity index (χ3v) is 5.83. The van der Waals surface area contributed by atoms with Crippen molar-refractivity contribution in [3.05, 3.63) is 52.1 Å². The van der Waals surface area contributed by atoms with Gasteiger partial charge in [0.25, 0.3) is 0 Å². The molecule has 27 heavy (non-hydrogen) atoms. The molecule has 0 spiro atoms. The topological polar surface area (TPSA) is 35.8 Å². The molecule has 0 fully saturated rings. The maximum absolute atomic E-state index is 11.2. The van der Waals surface area contributed by atoms with E-state index in [-0.39, 0.29) is 16.9 Å². The summed E-state index contributed by atoms with van der Waals surface area (Å²) < 4.78 is 0. The Bertz CT molecular complexity index is 866. The second kappa shape index (κ2) is 6.29. The molecule has 1 heterocycles. The largest absolute Gasteiger partial charge is 0.507 e. The molecule has 0 bridgehead atoms. The van der Waals surface area contributed by atoms with Crippen LogP contribution in [0.4, 0.5) is 0 Å². The molecule has 1 aliphatic heterocycles. The Morgan fingerprint density at radius 1 is 1.07 bits per heavy atom. The summed E-state index contributed by atoms with van der Waals surface area (Å²) in [6.45, 7) is 15.3. The SMILES string of the molecule is BC1=C2N=C(c3cc(C(C)(C)C)cc(C(C)(C)C)c3O)N(C)C2C(C)C=C1. The smallest absolute Gasteiger partial charge is 0.141 e. The van der Waals surface area contributed by atoms with Gasteiger partial charge in [-0.2, -0.15) is 0 Å². The number of phenolic OH excluding ortho intramolecular Hbond substituents is 1. The number of allylic oxidation sites excluding steroid dienone is 2. The fraction of sp³-hybridized carbons (Fsp3) is 0.522. The summed E-state index contributed by atoms with van der Waals surface area (Å²) >= 11 is 0. The van der Waals surface area contributed by atoms with Gasteiger partial charge in [-0.15, -0.1) is 0 Å². The maximum atomic E-state index is 11.2. The fourth-order valence-electron chi connectivity index (χ4n) is 4.04. The zero-order valence-corrected chi connectivity index (χ0v) is 18.3. The first kappa shape index (κ1) is 19.8. The number of benzene rings is 1. The molecule has 3 rings (SSSR count). The van der Waals surface area contributed by atoms with Crippen LogP contribution < -0.4 is 0 Å². The number of hydrogen-bond donors (Lipinski definition) is 1. The van der Waals surface area contributed by atoms with Crippen LogP contribution in [0.15, 0.2) is 40.4 Å². The lowest BCUT2D eigenvalue weighted by molar-refractivity contribution is 0.363. The number of amidine groups is 1. The van der Waals surface area contributed by atoms with Crippen molar-refractivity contribution < 1.29 is 5.11 Å². The van der Waals surface area contributed by atoms with E-state index in [1.165, 1.54) is 11.0 Å². The van der Waals surface area contributed by atoms with E-state index >= 15 is 0 Å². The van der Waals surface area contributed by atoms with Crippen molar-refractivity contribution in [1.29, 1.82) is 0 Å². The van der Waals surface area contributed by atoms with Crippen molar-refractivity contribution in [2.24, 2.45) is 10.9 Å². The molecule has 1 N–H and O–H groups in total. The number of likely N-dealkylation sites (N-methyl/N-ethyl adjacent to an activating group) is 1. The van der Waals surface area contributed by atoms with Gasteiger partial charge in [-0.1, -0.05) is 72.2 Å². The summed E-state index contributed by atoms with van der Waals surface area (Å²) in [5, 5.41) is 11.2. The minimum absolute atomic E-state index is 0.00300. The van der Waals surface area contributed by atoms with Gasteiger partial charge in [0, 0.05) is 18.5 Å². The molecule has 0 saturated carbocycles. The molecule has 2 unspecified atom stereocenters. The third-order valence-electron chi connectivity index (χ3n) is 5.83. The molecule has 2 atom stereocenters. The Balaban J connectivity index is 2.24. The summed E-state index contributed by atoms with van der Waals surface area (Å²) in [5.41, 5.74) is 5.24. The first-order valence-electron chi connectivity index (χ1n) is 9.91. The molecule has 0 saturated heterocycles. The summed E-state index contributed by atoms with van der Waals surface area (Å²) in [7, 11) is 4.22. The van der Waals surface area contributed by atoms with E-state index in [1.807, 2.05) is 0 Å². The number of rotatable bonds is 1. The Hall–Kier alpha value is -1.97. The highest BCUT2D eigenvalue weighted by Gasteiger charge is 2.37. The molecule has 1 aromatic rings. The van der Waals surface area contributed by atoms with Crippen LogP contribution in [0.1, 0.15) is 65.2 Å². The van der Waals surface area contributed by atoms with Crippen molar-refractivity contribution in [3.63, 3.8) is 0 Å². The van der Waals surface area contributed by atoms with Crippen LogP contribution in [0.3, 0.4) is 0 Å². The highest BCUT2D eigenvalue weighted by molar-refractivity contribution is 6.24. The van der Waals surface area contributed by atoms with Crippen LogP contribution in [0.2, 0.25) is 0 Å². The molecular weight excluding hydrogens is 331 g/mol. The number of hydrogen-bond acceptors (Lipinski definition) is 3. The van der Waals surface area contributed by atoms with E-state index < -0.39 is 0 Å². The Morgan fingerprint density at radius 3 is 2.22 bits per heavy atom. The zero-order valence-electron chi connectivity index (χ0n) is 18.3. The van der Waals surface area contributed by atoms with Gasteiger partial charge in [-0.05, 0) is 22.5 Å². The van der Waals surface area contributed by atoms with E-state index in [4.69, 9.17) is 4.99 Å². The summed E-state index contributed by atoms with van der Waals surface area (Å²) in [4.78, 5) is 7.25. The number of fused-ring (bicyclic) bond motifs is 1. The van der Waals surface area contributed by atoms with Crippen molar-refractivity contribution in [2.75, 3.05) is 7.05 Å². The molecule has 1 aliphatic carbocycles. The minimum atomic E-state index is -0.144. The monoisotopic (exact) mass is 364 g/mol. The highest BCUT2D eigenvalue weighted by Crippen LogP contribution is 2.41. The van der Waals surface area contributed by atoms with E-state index in [0.29, 0.717) is 11.7 Å². The van der Waals surface area contributed by atoms with Gasteiger partial charge in [0.1, 0.15) is 19.4 Å². The second-order valence-corrected chi connectivity index (χ2v) is 10.2. The lowest BCUT2D eigenvalue weighted by atomic mass is 9.78. The molecule has 0 radical (unpaired) electrons.